The van der Waals surface area contributed by atoms with Crippen molar-refractivity contribution >= 4 is 35.1 Å². The molecular formula is C17H13Cl2F2NO3. The predicted molar refractivity (Wildman–Crippen MR) is 89.8 cm³/mol. The monoisotopic (exact) mass is 387 g/mol. The Balaban J connectivity index is 2.26. The molecule has 0 aromatic heterocycles. The fraction of sp³-hybridized carbons (Fsp3) is 0.176. The lowest BCUT2D eigenvalue weighted by atomic mass is 10.0. The van der Waals surface area contributed by atoms with Crippen LogP contribution in [0, 0.1) is 11.6 Å². The van der Waals surface area contributed by atoms with Gasteiger partial charge in [0.25, 0.3) is 5.91 Å². The van der Waals surface area contributed by atoms with E-state index >= 15 is 0 Å². The van der Waals surface area contributed by atoms with Crippen LogP contribution in [0.3, 0.4) is 0 Å². The molecule has 25 heavy (non-hydrogen) atoms. The SMILES string of the molecule is COC(=O)[C@H](Cc1c(Cl)cccc1Cl)NC(=O)c1ccc(F)cc1F. The van der Waals surface area contributed by atoms with E-state index in [4.69, 9.17) is 23.2 Å². The lowest BCUT2D eigenvalue weighted by Gasteiger charge is -2.18. The molecule has 0 aliphatic carbocycles. The van der Waals surface area contributed by atoms with Crippen LogP contribution < -0.4 is 5.32 Å². The van der Waals surface area contributed by atoms with Crippen molar-refractivity contribution in [1.82, 2.24) is 5.32 Å². The van der Waals surface area contributed by atoms with E-state index in [-0.39, 0.29) is 6.42 Å². The number of esters is 1. The number of hydrogen-bond acceptors (Lipinski definition) is 3. The molecule has 0 heterocycles. The molecule has 0 aliphatic rings. The van der Waals surface area contributed by atoms with Crippen molar-refractivity contribution in [3.63, 3.8) is 0 Å². The largest absolute Gasteiger partial charge is 0.467 e. The quantitative estimate of drug-likeness (QED) is 0.794. The molecule has 8 heteroatoms. The fourth-order valence-electron chi connectivity index (χ4n) is 2.18. The molecule has 0 aliphatic heterocycles. The van der Waals surface area contributed by atoms with Crippen molar-refractivity contribution < 1.29 is 23.1 Å². The van der Waals surface area contributed by atoms with E-state index < -0.39 is 35.1 Å². The van der Waals surface area contributed by atoms with Gasteiger partial charge in [0.2, 0.25) is 0 Å². The number of ether oxygens (including phenoxy) is 1. The van der Waals surface area contributed by atoms with Crippen molar-refractivity contribution in [3.05, 3.63) is 69.2 Å². The van der Waals surface area contributed by atoms with Gasteiger partial charge < -0.3 is 10.1 Å². The Morgan fingerprint density at radius 1 is 1.16 bits per heavy atom. The second-order valence-corrected chi connectivity index (χ2v) is 5.89. The first-order valence-corrected chi connectivity index (χ1v) is 7.85. The van der Waals surface area contributed by atoms with Crippen molar-refractivity contribution in [3.8, 4) is 0 Å². The van der Waals surface area contributed by atoms with E-state index in [0.717, 1.165) is 19.2 Å². The minimum absolute atomic E-state index is 0.0558. The van der Waals surface area contributed by atoms with E-state index in [1.807, 2.05) is 0 Å². The molecule has 0 radical (unpaired) electrons. The number of carbonyl (C=O) groups is 2. The van der Waals surface area contributed by atoms with Crippen molar-refractivity contribution in [1.29, 1.82) is 0 Å². The number of hydrogen-bond donors (Lipinski definition) is 1. The summed E-state index contributed by atoms with van der Waals surface area (Å²) in [6, 6.07) is 6.14. The smallest absolute Gasteiger partial charge is 0.328 e. The zero-order valence-electron chi connectivity index (χ0n) is 13.0. The lowest BCUT2D eigenvalue weighted by Crippen LogP contribution is -2.43. The predicted octanol–water partition coefficient (Wildman–Crippen LogP) is 3.79. The van der Waals surface area contributed by atoms with E-state index in [9.17, 15) is 18.4 Å². The van der Waals surface area contributed by atoms with Crippen LogP contribution in [0.2, 0.25) is 10.0 Å². The molecule has 4 nitrogen and oxygen atoms in total. The summed E-state index contributed by atoms with van der Waals surface area (Å²) >= 11 is 12.1. The minimum atomic E-state index is -1.15. The lowest BCUT2D eigenvalue weighted by molar-refractivity contribution is -0.142. The summed E-state index contributed by atoms with van der Waals surface area (Å²) in [5, 5.41) is 2.97. The van der Waals surface area contributed by atoms with Gasteiger partial charge in [-0.3, -0.25) is 4.79 Å². The van der Waals surface area contributed by atoms with Gasteiger partial charge in [-0.1, -0.05) is 29.3 Å². The topological polar surface area (TPSA) is 55.4 Å². The van der Waals surface area contributed by atoms with E-state index in [1.165, 1.54) is 0 Å². The average molecular weight is 388 g/mol. The van der Waals surface area contributed by atoms with E-state index in [0.29, 0.717) is 21.7 Å². The van der Waals surface area contributed by atoms with Gasteiger partial charge in [-0.2, -0.15) is 0 Å². The molecule has 132 valence electrons. The van der Waals surface area contributed by atoms with Crippen LogP contribution in [-0.2, 0) is 16.0 Å². The highest BCUT2D eigenvalue weighted by atomic mass is 35.5. The van der Waals surface area contributed by atoms with Gasteiger partial charge in [0.05, 0.1) is 12.7 Å². The van der Waals surface area contributed by atoms with Crippen LogP contribution in [-0.4, -0.2) is 25.0 Å². The summed E-state index contributed by atoms with van der Waals surface area (Å²) in [6.07, 6.45) is -0.0558. The Labute approximate surface area is 152 Å². The first-order chi connectivity index (χ1) is 11.8. The Hall–Kier alpha value is -2.18. The number of rotatable bonds is 5. The second-order valence-electron chi connectivity index (χ2n) is 5.08. The zero-order valence-corrected chi connectivity index (χ0v) is 14.5. The molecule has 0 saturated carbocycles. The van der Waals surface area contributed by atoms with Crippen molar-refractivity contribution in [2.75, 3.05) is 7.11 Å². The molecule has 1 amide bonds. The van der Waals surface area contributed by atoms with Crippen LogP contribution >= 0.6 is 23.2 Å². The molecule has 2 aromatic rings. The second kappa shape index (κ2) is 8.27. The number of nitrogens with one attached hydrogen (secondary N) is 1. The summed E-state index contributed by atoms with van der Waals surface area (Å²) in [7, 11) is 1.15. The number of methoxy groups -OCH3 is 1. The Bertz CT molecular complexity index is 794. The third-order valence-electron chi connectivity index (χ3n) is 3.44. The van der Waals surface area contributed by atoms with Gasteiger partial charge in [0.1, 0.15) is 17.7 Å². The highest BCUT2D eigenvalue weighted by Crippen LogP contribution is 2.26. The third-order valence-corrected chi connectivity index (χ3v) is 4.14. The standard InChI is InChI=1S/C17H13Cl2F2NO3/c1-25-17(24)15(8-11-12(18)3-2-4-13(11)19)22-16(23)10-6-5-9(20)7-14(10)21/h2-7,15H,8H2,1H3,(H,22,23)/t15-/m0/s1. The molecule has 0 unspecified atom stereocenters. The van der Waals surface area contributed by atoms with Crippen LogP contribution in [0.1, 0.15) is 15.9 Å². The highest BCUT2D eigenvalue weighted by Gasteiger charge is 2.25. The number of benzene rings is 2. The van der Waals surface area contributed by atoms with Gasteiger partial charge in [-0.05, 0) is 29.8 Å². The average Bonchev–Trinajstić information content (AvgIpc) is 2.56. The molecular weight excluding hydrogens is 375 g/mol. The molecule has 1 N–H and O–H groups in total. The maximum absolute atomic E-state index is 13.7. The van der Waals surface area contributed by atoms with E-state index in [2.05, 4.69) is 10.1 Å². The summed E-state index contributed by atoms with van der Waals surface area (Å²) in [5.74, 6) is -3.51. The molecule has 0 saturated heterocycles. The molecule has 0 spiro atoms. The van der Waals surface area contributed by atoms with Gasteiger partial charge in [-0.15, -0.1) is 0 Å². The summed E-state index contributed by atoms with van der Waals surface area (Å²) in [4.78, 5) is 24.2. The number of carbonyl (C=O) groups excluding carboxylic acids is 2. The fourth-order valence-corrected chi connectivity index (χ4v) is 2.73. The molecule has 1 atom stereocenters. The zero-order chi connectivity index (χ0) is 18.6. The van der Waals surface area contributed by atoms with Crippen LogP contribution in [0.5, 0.6) is 0 Å². The molecule has 0 fully saturated rings. The van der Waals surface area contributed by atoms with Gasteiger partial charge in [-0.25, -0.2) is 13.6 Å². The minimum Gasteiger partial charge on any atom is -0.467 e. The van der Waals surface area contributed by atoms with Crippen LogP contribution in [0.25, 0.3) is 0 Å². The summed E-state index contributed by atoms with van der Waals surface area (Å²) in [5.41, 5.74) is 0.0293. The van der Waals surface area contributed by atoms with Gasteiger partial charge >= 0.3 is 5.97 Å². The number of amides is 1. The maximum atomic E-state index is 13.7. The van der Waals surface area contributed by atoms with Gasteiger partial charge in [0.15, 0.2) is 0 Å². The van der Waals surface area contributed by atoms with Crippen molar-refractivity contribution in [2.45, 2.75) is 12.5 Å². The molecule has 0 bridgehead atoms. The maximum Gasteiger partial charge on any atom is 0.328 e. The first kappa shape index (κ1) is 19.1. The normalized spacial score (nSPS) is 11.7. The van der Waals surface area contributed by atoms with Crippen LogP contribution in [0.15, 0.2) is 36.4 Å². The molecule has 2 rings (SSSR count). The number of halogens is 4. The Morgan fingerprint density at radius 3 is 2.36 bits per heavy atom. The first-order valence-electron chi connectivity index (χ1n) is 7.10. The van der Waals surface area contributed by atoms with Gasteiger partial charge in [0, 0.05) is 22.5 Å². The molecule has 2 aromatic carbocycles. The van der Waals surface area contributed by atoms with E-state index in [1.54, 1.807) is 18.2 Å². The Morgan fingerprint density at radius 2 is 1.80 bits per heavy atom. The Kier molecular flexibility index (Phi) is 6.33. The summed E-state index contributed by atoms with van der Waals surface area (Å²) < 4.78 is 31.3. The van der Waals surface area contributed by atoms with Crippen LogP contribution in [0.4, 0.5) is 8.78 Å². The highest BCUT2D eigenvalue weighted by molar-refractivity contribution is 6.36. The summed E-state index contributed by atoms with van der Waals surface area (Å²) in [6.45, 7) is 0. The third kappa shape index (κ3) is 4.67. The van der Waals surface area contributed by atoms with Crippen molar-refractivity contribution in [2.24, 2.45) is 0 Å².